The SMILES string of the molecule is CCCCC/C=C\C/C=C\C/C=C\CCCCC(=O)O.CCCCCCCCC/C=C/C=C/C=C/C=C/C=C/C(=O)O. The molecule has 236 valence electrons. The minimum absolute atomic E-state index is 0.290. The highest BCUT2D eigenvalue weighted by Gasteiger charge is 1.94. The van der Waals surface area contributed by atoms with Crippen molar-refractivity contribution < 1.29 is 19.8 Å². The van der Waals surface area contributed by atoms with Crippen LogP contribution in [0.3, 0.4) is 0 Å². The molecule has 0 saturated carbocycles. The predicted octanol–water partition coefficient (Wildman–Crippen LogP) is 11.7. The van der Waals surface area contributed by atoms with Gasteiger partial charge in [-0.3, -0.25) is 4.79 Å². The molecule has 0 bridgehead atoms. The monoisotopic (exact) mass is 580 g/mol. The maximum Gasteiger partial charge on any atom is 0.328 e. The van der Waals surface area contributed by atoms with Gasteiger partial charge in [0.2, 0.25) is 0 Å². The number of allylic oxidation sites excluding steroid dienone is 15. The molecule has 0 aliphatic heterocycles. The van der Waals surface area contributed by atoms with E-state index in [1.54, 1.807) is 12.2 Å². The van der Waals surface area contributed by atoms with Gasteiger partial charge in [-0.2, -0.15) is 0 Å². The predicted molar refractivity (Wildman–Crippen MR) is 183 cm³/mol. The summed E-state index contributed by atoms with van der Waals surface area (Å²) >= 11 is 0. The van der Waals surface area contributed by atoms with E-state index in [1.165, 1.54) is 76.7 Å². The Balaban J connectivity index is 0. The molecule has 0 rings (SSSR count). The number of aliphatic carboxylic acids is 2. The normalized spacial score (nSPS) is 12.4. The zero-order valence-corrected chi connectivity index (χ0v) is 26.7. The molecule has 2 N–H and O–H groups in total. The van der Waals surface area contributed by atoms with Crippen molar-refractivity contribution in [1.82, 2.24) is 0 Å². The van der Waals surface area contributed by atoms with Crippen LogP contribution in [-0.2, 0) is 9.59 Å². The molecule has 0 aromatic heterocycles. The Labute approximate surface area is 258 Å². The zero-order chi connectivity index (χ0) is 31.2. The Kier molecular flexibility index (Phi) is 37.0. The minimum atomic E-state index is -0.931. The van der Waals surface area contributed by atoms with Crippen molar-refractivity contribution >= 4 is 11.9 Å². The van der Waals surface area contributed by atoms with Crippen molar-refractivity contribution in [3.63, 3.8) is 0 Å². The second-order valence-corrected chi connectivity index (χ2v) is 10.2. The molecule has 0 aromatic rings. The van der Waals surface area contributed by atoms with Crippen LogP contribution >= 0.6 is 0 Å². The van der Waals surface area contributed by atoms with Gasteiger partial charge in [-0.15, -0.1) is 0 Å². The van der Waals surface area contributed by atoms with Gasteiger partial charge in [-0.05, 0) is 57.8 Å². The number of rotatable bonds is 26. The van der Waals surface area contributed by atoms with Crippen LogP contribution in [0.2, 0.25) is 0 Å². The number of hydrogen-bond donors (Lipinski definition) is 2. The Hall–Kier alpha value is -3.14. The summed E-state index contributed by atoms with van der Waals surface area (Å²) in [6, 6.07) is 0. The standard InChI is InChI=1S/C20H30O2.C18H30O2/c1-2-3-4-5-6-7-8-9-10-11-12-13-14-15-16-17-18-19-20(21)22;1-2-3-4-5-6-7-8-9-10-11-12-13-14-15-16-17-18(19)20/h10-19H,2-9H2,1H3,(H,21,22);6-7,9-10,12-13H,2-5,8,11,14-17H2,1H3,(H,19,20)/b11-10+,13-12+,15-14+,17-16+,19-18+;7-6-,10-9-,13-12-. The van der Waals surface area contributed by atoms with E-state index in [-0.39, 0.29) is 0 Å². The van der Waals surface area contributed by atoms with Crippen molar-refractivity contribution in [2.24, 2.45) is 0 Å². The first-order valence-electron chi connectivity index (χ1n) is 16.3. The molecule has 0 amide bonds. The smallest absolute Gasteiger partial charge is 0.328 e. The molecule has 0 fully saturated rings. The number of unbranched alkanes of at least 4 members (excludes halogenated alkanes) is 12. The highest BCUT2D eigenvalue weighted by atomic mass is 16.4. The number of hydrogen-bond acceptors (Lipinski definition) is 2. The largest absolute Gasteiger partial charge is 0.481 e. The summed E-state index contributed by atoms with van der Waals surface area (Å²) in [6.07, 6.45) is 52.1. The van der Waals surface area contributed by atoms with Crippen LogP contribution in [0.15, 0.2) is 97.2 Å². The zero-order valence-electron chi connectivity index (χ0n) is 26.7. The van der Waals surface area contributed by atoms with Crippen molar-refractivity contribution in [1.29, 1.82) is 0 Å². The molecule has 4 nitrogen and oxygen atoms in total. The van der Waals surface area contributed by atoms with Crippen molar-refractivity contribution in [3.05, 3.63) is 97.2 Å². The van der Waals surface area contributed by atoms with Gasteiger partial charge in [0.05, 0.1) is 0 Å². The average molecular weight is 581 g/mol. The van der Waals surface area contributed by atoms with Crippen LogP contribution in [0.5, 0.6) is 0 Å². The van der Waals surface area contributed by atoms with E-state index in [9.17, 15) is 9.59 Å². The van der Waals surface area contributed by atoms with Crippen LogP contribution in [0, 0.1) is 0 Å². The molecule has 0 radical (unpaired) electrons. The third-order valence-corrected chi connectivity index (χ3v) is 6.16. The van der Waals surface area contributed by atoms with E-state index >= 15 is 0 Å². The fourth-order valence-corrected chi connectivity index (χ4v) is 3.75. The van der Waals surface area contributed by atoms with Gasteiger partial charge in [0.15, 0.2) is 0 Å². The second kappa shape index (κ2) is 37.9. The lowest BCUT2D eigenvalue weighted by Gasteiger charge is -1.98. The first kappa shape index (κ1) is 41.0. The molecule has 4 heteroatoms. The first-order chi connectivity index (χ1) is 20.5. The molecule has 0 aliphatic rings. The highest BCUT2D eigenvalue weighted by molar-refractivity contribution is 5.80. The Morgan fingerprint density at radius 2 is 0.857 bits per heavy atom. The number of carbonyl (C=O) groups is 2. The van der Waals surface area contributed by atoms with E-state index in [2.05, 4.69) is 62.5 Å². The van der Waals surface area contributed by atoms with Crippen molar-refractivity contribution in [2.75, 3.05) is 0 Å². The van der Waals surface area contributed by atoms with Crippen LogP contribution in [0.4, 0.5) is 0 Å². The van der Waals surface area contributed by atoms with Gasteiger partial charge in [-0.1, -0.05) is 156 Å². The van der Waals surface area contributed by atoms with Gasteiger partial charge < -0.3 is 10.2 Å². The van der Waals surface area contributed by atoms with Crippen LogP contribution in [0.25, 0.3) is 0 Å². The molecule has 0 aliphatic carbocycles. The summed E-state index contributed by atoms with van der Waals surface area (Å²) in [5.41, 5.74) is 0. The topological polar surface area (TPSA) is 74.6 Å². The minimum Gasteiger partial charge on any atom is -0.481 e. The maximum atomic E-state index is 10.3. The van der Waals surface area contributed by atoms with E-state index in [1.807, 2.05) is 24.3 Å². The summed E-state index contributed by atoms with van der Waals surface area (Å²) in [7, 11) is 0. The second-order valence-electron chi connectivity index (χ2n) is 10.2. The fraction of sp³-hybridized carbons (Fsp3) is 0.526. The van der Waals surface area contributed by atoms with E-state index < -0.39 is 11.9 Å². The van der Waals surface area contributed by atoms with Crippen LogP contribution in [-0.4, -0.2) is 22.2 Å². The lowest BCUT2D eigenvalue weighted by atomic mass is 10.1. The fourth-order valence-electron chi connectivity index (χ4n) is 3.75. The van der Waals surface area contributed by atoms with Gasteiger partial charge in [-0.25, -0.2) is 4.79 Å². The molecule has 0 spiro atoms. The number of carboxylic acid groups (broad SMARTS) is 2. The third-order valence-electron chi connectivity index (χ3n) is 6.16. The molecule has 0 aromatic carbocycles. The summed E-state index contributed by atoms with van der Waals surface area (Å²) in [4.78, 5) is 20.5. The molecular formula is C38H60O4. The van der Waals surface area contributed by atoms with Gasteiger partial charge in [0, 0.05) is 12.5 Å². The average Bonchev–Trinajstić information content (AvgIpc) is 2.97. The first-order valence-corrected chi connectivity index (χ1v) is 16.3. The summed E-state index contributed by atoms with van der Waals surface area (Å²) in [5, 5.41) is 16.9. The Bertz CT molecular complexity index is 837. The Morgan fingerprint density at radius 3 is 1.40 bits per heavy atom. The summed E-state index contributed by atoms with van der Waals surface area (Å²) < 4.78 is 0. The van der Waals surface area contributed by atoms with E-state index in [0.717, 1.165) is 44.6 Å². The Morgan fingerprint density at radius 1 is 0.452 bits per heavy atom. The summed E-state index contributed by atoms with van der Waals surface area (Å²) in [5.74, 6) is -1.63. The molecular weight excluding hydrogens is 520 g/mol. The van der Waals surface area contributed by atoms with Crippen LogP contribution in [0.1, 0.15) is 129 Å². The molecule has 0 saturated heterocycles. The van der Waals surface area contributed by atoms with E-state index in [0.29, 0.717) is 6.42 Å². The van der Waals surface area contributed by atoms with Crippen LogP contribution < -0.4 is 0 Å². The number of carboxylic acids is 2. The summed E-state index contributed by atoms with van der Waals surface area (Å²) in [6.45, 7) is 4.48. The van der Waals surface area contributed by atoms with Gasteiger partial charge >= 0.3 is 11.9 Å². The molecule has 42 heavy (non-hydrogen) atoms. The molecule has 0 heterocycles. The quantitative estimate of drug-likeness (QED) is 0.0462. The lowest BCUT2D eigenvalue weighted by Crippen LogP contribution is -1.92. The van der Waals surface area contributed by atoms with E-state index in [4.69, 9.17) is 10.2 Å². The third kappa shape index (κ3) is 43.9. The maximum absolute atomic E-state index is 10.3. The van der Waals surface area contributed by atoms with Gasteiger partial charge in [0.25, 0.3) is 0 Å². The highest BCUT2D eigenvalue weighted by Crippen LogP contribution is 2.08. The molecule has 0 atom stereocenters. The molecule has 0 unspecified atom stereocenters. The van der Waals surface area contributed by atoms with Crippen molar-refractivity contribution in [2.45, 2.75) is 129 Å². The van der Waals surface area contributed by atoms with Gasteiger partial charge in [0.1, 0.15) is 0 Å². The lowest BCUT2D eigenvalue weighted by molar-refractivity contribution is -0.137. The van der Waals surface area contributed by atoms with Crippen molar-refractivity contribution in [3.8, 4) is 0 Å².